The second kappa shape index (κ2) is 5.92. The molecule has 0 saturated carbocycles. The third-order valence-electron chi connectivity index (χ3n) is 2.61. The molecule has 3 N–H and O–H groups in total. The summed E-state index contributed by atoms with van der Waals surface area (Å²) in [5.41, 5.74) is 6.24. The number of amides is 2. The van der Waals surface area contributed by atoms with E-state index >= 15 is 0 Å². The number of benzene rings is 1. The molecule has 102 valence electrons. The van der Waals surface area contributed by atoms with Crippen LogP contribution in [-0.4, -0.2) is 16.8 Å². The van der Waals surface area contributed by atoms with Crippen LogP contribution in [-0.2, 0) is 6.54 Å². The van der Waals surface area contributed by atoms with Crippen molar-refractivity contribution in [3.63, 3.8) is 0 Å². The normalized spacial score (nSPS) is 10.1. The topological polar surface area (TPSA) is 85.1 Å². The maximum absolute atomic E-state index is 12.9. The molecule has 0 aliphatic rings. The smallest absolute Gasteiger partial charge is 0.270 e. The van der Waals surface area contributed by atoms with E-state index in [0.29, 0.717) is 11.1 Å². The Morgan fingerprint density at radius 2 is 1.95 bits per heavy atom. The van der Waals surface area contributed by atoms with Gasteiger partial charge in [0.1, 0.15) is 5.69 Å². The minimum atomic E-state index is -0.714. The Morgan fingerprint density at radius 3 is 2.65 bits per heavy atom. The first-order valence-electron chi connectivity index (χ1n) is 5.86. The second-order valence-electron chi connectivity index (χ2n) is 4.09. The Hall–Kier alpha value is -2.76. The number of rotatable bonds is 4. The van der Waals surface area contributed by atoms with Gasteiger partial charge in [0.2, 0.25) is 11.9 Å². The predicted molar refractivity (Wildman–Crippen MR) is 70.3 cm³/mol. The zero-order valence-corrected chi connectivity index (χ0v) is 10.5. The first kappa shape index (κ1) is 13.7. The molecule has 2 amide bonds. The Morgan fingerprint density at radius 1 is 1.20 bits per heavy atom. The van der Waals surface area contributed by atoms with Crippen molar-refractivity contribution in [3.05, 3.63) is 65.2 Å². The maximum Gasteiger partial charge on any atom is 0.270 e. The number of carbonyl (C=O) groups excluding carboxylic acids is 2. The molecule has 0 atom stereocenters. The highest BCUT2D eigenvalue weighted by Crippen LogP contribution is 2.05. The molecule has 1 aromatic heterocycles. The molecule has 0 aliphatic carbocycles. The molecule has 0 saturated heterocycles. The van der Waals surface area contributed by atoms with Crippen LogP contribution in [0, 0.1) is 5.95 Å². The van der Waals surface area contributed by atoms with Crippen molar-refractivity contribution in [2.75, 3.05) is 0 Å². The van der Waals surface area contributed by atoms with Gasteiger partial charge in [-0.05, 0) is 29.8 Å². The molecular formula is C14H12FN3O2. The fourth-order valence-corrected chi connectivity index (χ4v) is 1.64. The van der Waals surface area contributed by atoms with Gasteiger partial charge in [0.25, 0.3) is 5.91 Å². The van der Waals surface area contributed by atoms with Crippen LogP contribution in [0.4, 0.5) is 4.39 Å². The fraction of sp³-hybridized carbons (Fsp3) is 0.0714. The van der Waals surface area contributed by atoms with E-state index < -0.39 is 17.8 Å². The van der Waals surface area contributed by atoms with E-state index in [1.807, 2.05) is 0 Å². The van der Waals surface area contributed by atoms with Crippen LogP contribution >= 0.6 is 0 Å². The molecule has 0 aliphatic heterocycles. The highest BCUT2D eigenvalue weighted by molar-refractivity contribution is 5.93. The molecule has 0 bridgehead atoms. The van der Waals surface area contributed by atoms with Crippen molar-refractivity contribution >= 4 is 11.8 Å². The van der Waals surface area contributed by atoms with Crippen molar-refractivity contribution in [1.29, 1.82) is 0 Å². The van der Waals surface area contributed by atoms with E-state index in [4.69, 9.17) is 5.73 Å². The molecule has 6 heteroatoms. The van der Waals surface area contributed by atoms with Crippen LogP contribution in [0.15, 0.2) is 42.5 Å². The SMILES string of the molecule is NC(=O)c1cccc(CNC(=O)c2cccc(F)n2)c1. The quantitative estimate of drug-likeness (QED) is 0.822. The van der Waals surface area contributed by atoms with Gasteiger partial charge in [0, 0.05) is 12.1 Å². The lowest BCUT2D eigenvalue weighted by Gasteiger charge is -2.06. The van der Waals surface area contributed by atoms with Crippen molar-refractivity contribution in [1.82, 2.24) is 10.3 Å². The first-order chi connectivity index (χ1) is 9.56. The van der Waals surface area contributed by atoms with E-state index in [-0.39, 0.29) is 12.2 Å². The van der Waals surface area contributed by atoms with Gasteiger partial charge in [-0.1, -0.05) is 18.2 Å². The fourth-order valence-electron chi connectivity index (χ4n) is 1.64. The van der Waals surface area contributed by atoms with Gasteiger partial charge in [-0.3, -0.25) is 9.59 Å². The lowest BCUT2D eigenvalue weighted by atomic mass is 10.1. The van der Waals surface area contributed by atoms with Gasteiger partial charge in [-0.15, -0.1) is 0 Å². The van der Waals surface area contributed by atoms with Crippen LogP contribution in [0.3, 0.4) is 0 Å². The standard InChI is InChI=1S/C14H12FN3O2/c15-12-6-2-5-11(18-12)14(20)17-8-9-3-1-4-10(7-9)13(16)19/h1-7H,8H2,(H2,16,19)(H,17,20). The molecule has 1 aromatic carbocycles. The number of aromatic nitrogens is 1. The Balaban J connectivity index is 2.03. The lowest BCUT2D eigenvalue weighted by Crippen LogP contribution is -2.24. The molecule has 2 aromatic rings. The third kappa shape index (κ3) is 3.38. The van der Waals surface area contributed by atoms with Gasteiger partial charge in [0.05, 0.1) is 0 Å². The number of carbonyl (C=O) groups is 2. The average molecular weight is 273 g/mol. The summed E-state index contributed by atoms with van der Waals surface area (Å²) in [5.74, 6) is -1.74. The average Bonchev–Trinajstić information content (AvgIpc) is 2.45. The molecule has 1 heterocycles. The summed E-state index contributed by atoms with van der Waals surface area (Å²) in [6, 6.07) is 10.6. The number of hydrogen-bond donors (Lipinski definition) is 2. The summed E-state index contributed by atoms with van der Waals surface area (Å²) in [6.45, 7) is 0.193. The van der Waals surface area contributed by atoms with Gasteiger partial charge in [-0.25, -0.2) is 4.98 Å². The Bertz CT molecular complexity index is 658. The molecule has 20 heavy (non-hydrogen) atoms. The monoisotopic (exact) mass is 273 g/mol. The summed E-state index contributed by atoms with van der Waals surface area (Å²) in [7, 11) is 0. The number of nitrogens with one attached hydrogen (secondary N) is 1. The molecule has 0 radical (unpaired) electrons. The largest absolute Gasteiger partial charge is 0.366 e. The van der Waals surface area contributed by atoms with Crippen LogP contribution in [0.5, 0.6) is 0 Å². The van der Waals surface area contributed by atoms with Crippen molar-refractivity contribution < 1.29 is 14.0 Å². The number of nitrogens with zero attached hydrogens (tertiary/aromatic N) is 1. The summed E-state index contributed by atoms with van der Waals surface area (Å²) < 4.78 is 12.9. The zero-order chi connectivity index (χ0) is 14.5. The van der Waals surface area contributed by atoms with Crippen LogP contribution in [0.1, 0.15) is 26.4 Å². The van der Waals surface area contributed by atoms with Gasteiger partial charge in [-0.2, -0.15) is 4.39 Å². The number of nitrogens with two attached hydrogens (primary N) is 1. The van der Waals surface area contributed by atoms with Crippen LogP contribution < -0.4 is 11.1 Å². The Labute approximate surface area is 114 Å². The summed E-state index contributed by atoms with van der Waals surface area (Å²) >= 11 is 0. The van der Waals surface area contributed by atoms with Crippen LogP contribution in [0.2, 0.25) is 0 Å². The number of primary amides is 1. The van der Waals surface area contributed by atoms with E-state index in [0.717, 1.165) is 6.07 Å². The second-order valence-corrected chi connectivity index (χ2v) is 4.09. The molecule has 2 rings (SSSR count). The molecular weight excluding hydrogens is 261 g/mol. The van der Waals surface area contributed by atoms with Crippen molar-refractivity contribution in [2.24, 2.45) is 5.73 Å². The molecule has 0 unspecified atom stereocenters. The van der Waals surface area contributed by atoms with Crippen molar-refractivity contribution in [2.45, 2.75) is 6.54 Å². The van der Waals surface area contributed by atoms with Crippen LogP contribution in [0.25, 0.3) is 0 Å². The van der Waals surface area contributed by atoms with E-state index in [1.165, 1.54) is 12.1 Å². The zero-order valence-electron chi connectivity index (χ0n) is 10.5. The summed E-state index contributed by atoms with van der Waals surface area (Å²) in [5, 5.41) is 2.59. The minimum absolute atomic E-state index is 0.00365. The van der Waals surface area contributed by atoms with Gasteiger partial charge in [0.15, 0.2) is 0 Å². The van der Waals surface area contributed by atoms with Crippen molar-refractivity contribution in [3.8, 4) is 0 Å². The predicted octanol–water partition coefficient (Wildman–Crippen LogP) is 1.25. The molecule has 0 spiro atoms. The Kier molecular flexibility index (Phi) is 4.05. The van der Waals surface area contributed by atoms with E-state index in [1.54, 1.807) is 24.3 Å². The van der Waals surface area contributed by atoms with Gasteiger partial charge >= 0.3 is 0 Å². The summed E-state index contributed by atoms with van der Waals surface area (Å²) in [4.78, 5) is 26.3. The highest BCUT2D eigenvalue weighted by atomic mass is 19.1. The number of hydrogen-bond acceptors (Lipinski definition) is 3. The molecule has 0 fully saturated rings. The summed E-state index contributed by atoms with van der Waals surface area (Å²) in [6.07, 6.45) is 0. The lowest BCUT2D eigenvalue weighted by molar-refractivity contribution is 0.0944. The number of pyridine rings is 1. The van der Waals surface area contributed by atoms with E-state index in [2.05, 4.69) is 10.3 Å². The third-order valence-corrected chi connectivity index (χ3v) is 2.61. The highest BCUT2D eigenvalue weighted by Gasteiger charge is 2.08. The van der Waals surface area contributed by atoms with E-state index in [9.17, 15) is 14.0 Å². The first-order valence-corrected chi connectivity index (χ1v) is 5.86. The van der Waals surface area contributed by atoms with Gasteiger partial charge < -0.3 is 11.1 Å². The maximum atomic E-state index is 12.9. The minimum Gasteiger partial charge on any atom is -0.366 e. The molecule has 5 nitrogen and oxygen atoms in total. The number of halogens is 1.